The molecule has 0 aliphatic heterocycles. The van der Waals surface area contributed by atoms with E-state index in [1.54, 1.807) is 55.5 Å². The van der Waals surface area contributed by atoms with E-state index in [2.05, 4.69) is 15.4 Å². The Morgan fingerprint density at radius 1 is 1.13 bits per heavy atom. The van der Waals surface area contributed by atoms with Crippen LogP contribution in [0, 0.1) is 0 Å². The lowest BCUT2D eigenvalue weighted by atomic mass is 10.2. The minimum atomic E-state index is -0.197. The number of aryl methyl sites for hydroxylation is 1. The molecular weight excluding hydrogens is 292 g/mol. The van der Waals surface area contributed by atoms with Crippen molar-refractivity contribution in [3.63, 3.8) is 0 Å². The second kappa shape index (κ2) is 6.31. The van der Waals surface area contributed by atoms with E-state index < -0.39 is 0 Å². The van der Waals surface area contributed by atoms with E-state index >= 15 is 0 Å². The third-order valence-electron chi connectivity index (χ3n) is 3.45. The number of carbonyl (C=O) groups is 1. The van der Waals surface area contributed by atoms with Crippen LogP contribution in [0.5, 0.6) is 5.75 Å². The molecule has 0 fully saturated rings. The van der Waals surface area contributed by atoms with Crippen molar-refractivity contribution < 1.29 is 9.53 Å². The van der Waals surface area contributed by atoms with Crippen molar-refractivity contribution in [2.75, 3.05) is 12.4 Å². The van der Waals surface area contributed by atoms with E-state index in [0.717, 1.165) is 11.3 Å². The predicted molar refractivity (Wildman–Crippen MR) is 87.4 cm³/mol. The molecule has 116 valence electrons. The van der Waals surface area contributed by atoms with Crippen molar-refractivity contribution in [2.24, 2.45) is 7.05 Å². The molecule has 6 nitrogen and oxygen atoms in total. The molecule has 0 atom stereocenters. The van der Waals surface area contributed by atoms with E-state index in [-0.39, 0.29) is 5.91 Å². The molecule has 0 saturated carbocycles. The highest BCUT2D eigenvalue weighted by Gasteiger charge is 2.11. The summed E-state index contributed by atoms with van der Waals surface area (Å²) in [6.45, 7) is 0. The van der Waals surface area contributed by atoms with Crippen molar-refractivity contribution in [3.8, 4) is 17.0 Å². The molecule has 0 bridgehead atoms. The number of nitrogens with one attached hydrogen (secondary N) is 1. The number of carbonyl (C=O) groups excluding carboxylic acids is 1. The van der Waals surface area contributed by atoms with E-state index in [0.29, 0.717) is 17.1 Å². The molecule has 0 saturated heterocycles. The molecule has 3 aromatic rings. The van der Waals surface area contributed by atoms with Gasteiger partial charge in [-0.05, 0) is 36.4 Å². The summed E-state index contributed by atoms with van der Waals surface area (Å²) < 4.78 is 6.72. The van der Waals surface area contributed by atoms with Gasteiger partial charge in [0.05, 0.1) is 12.8 Å². The Labute approximate surface area is 133 Å². The highest BCUT2D eigenvalue weighted by atomic mass is 16.5. The number of benzene rings is 1. The molecule has 0 aliphatic carbocycles. The monoisotopic (exact) mass is 308 g/mol. The number of hydrogen-bond donors (Lipinski definition) is 1. The van der Waals surface area contributed by atoms with E-state index in [9.17, 15) is 4.79 Å². The third kappa shape index (κ3) is 3.21. The summed E-state index contributed by atoms with van der Waals surface area (Å²) in [7, 11) is 3.37. The maximum Gasteiger partial charge on any atom is 0.256 e. The number of amides is 1. The Kier molecular flexibility index (Phi) is 4.05. The average molecular weight is 308 g/mol. The maximum atomic E-state index is 12.3. The summed E-state index contributed by atoms with van der Waals surface area (Å²) in [5.41, 5.74) is 2.28. The first-order valence-electron chi connectivity index (χ1n) is 7.07. The molecule has 0 radical (unpaired) electrons. The smallest absolute Gasteiger partial charge is 0.256 e. The van der Waals surface area contributed by atoms with Gasteiger partial charge in [0.15, 0.2) is 0 Å². The fraction of sp³-hybridized carbons (Fsp3) is 0.118. The standard InChI is InChI=1S/C17H16N4O2/c1-21-16(11-15(20-21)12-7-9-18-10-8-12)19-17(22)13-3-5-14(23-2)6-4-13/h3-11H,1-2H3,(H,19,22). The predicted octanol–water partition coefficient (Wildman–Crippen LogP) is 2.74. The molecule has 0 aliphatic rings. The summed E-state index contributed by atoms with van der Waals surface area (Å²) in [4.78, 5) is 16.3. The van der Waals surface area contributed by atoms with Gasteiger partial charge in [-0.3, -0.25) is 14.5 Å². The van der Waals surface area contributed by atoms with Crippen LogP contribution in [0.4, 0.5) is 5.82 Å². The van der Waals surface area contributed by atoms with Crippen LogP contribution < -0.4 is 10.1 Å². The SMILES string of the molecule is COc1ccc(C(=O)Nc2cc(-c3ccncc3)nn2C)cc1. The summed E-state index contributed by atoms with van der Waals surface area (Å²) in [6, 6.07) is 12.5. The van der Waals surface area contributed by atoms with Gasteiger partial charge in [0.1, 0.15) is 11.6 Å². The molecule has 1 amide bonds. The third-order valence-corrected chi connectivity index (χ3v) is 3.45. The first kappa shape index (κ1) is 14.8. The Balaban J connectivity index is 1.79. The van der Waals surface area contributed by atoms with Gasteiger partial charge in [0.25, 0.3) is 5.91 Å². The summed E-state index contributed by atoms with van der Waals surface area (Å²) in [6.07, 6.45) is 3.42. The number of aromatic nitrogens is 3. The Hall–Kier alpha value is -3.15. The molecule has 6 heteroatoms. The molecule has 0 spiro atoms. The summed E-state index contributed by atoms with van der Waals surface area (Å²) in [5.74, 6) is 1.14. The van der Waals surface area contributed by atoms with Gasteiger partial charge >= 0.3 is 0 Å². The van der Waals surface area contributed by atoms with Gasteiger partial charge in [-0.15, -0.1) is 0 Å². The maximum absolute atomic E-state index is 12.3. The second-order valence-electron chi connectivity index (χ2n) is 4.96. The molecule has 23 heavy (non-hydrogen) atoms. The van der Waals surface area contributed by atoms with Crippen molar-refractivity contribution in [1.82, 2.24) is 14.8 Å². The first-order chi connectivity index (χ1) is 11.2. The van der Waals surface area contributed by atoms with Crippen molar-refractivity contribution in [2.45, 2.75) is 0 Å². The fourth-order valence-electron chi connectivity index (χ4n) is 2.18. The van der Waals surface area contributed by atoms with Crippen LogP contribution in [-0.2, 0) is 7.05 Å². The minimum Gasteiger partial charge on any atom is -0.497 e. The number of rotatable bonds is 4. The average Bonchev–Trinajstić information content (AvgIpc) is 2.96. The number of methoxy groups -OCH3 is 1. The number of ether oxygens (including phenoxy) is 1. The van der Waals surface area contributed by atoms with Gasteiger partial charge in [-0.1, -0.05) is 0 Å². The largest absolute Gasteiger partial charge is 0.497 e. The normalized spacial score (nSPS) is 10.3. The summed E-state index contributed by atoms with van der Waals surface area (Å²) in [5, 5.41) is 7.27. The van der Waals surface area contributed by atoms with Crippen molar-refractivity contribution in [3.05, 3.63) is 60.4 Å². The number of anilines is 1. The van der Waals surface area contributed by atoms with Crippen molar-refractivity contribution >= 4 is 11.7 Å². The molecule has 2 aromatic heterocycles. The zero-order valence-electron chi connectivity index (χ0n) is 12.9. The molecule has 3 rings (SSSR count). The van der Waals surface area contributed by atoms with Crippen LogP contribution >= 0.6 is 0 Å². The Morgan fingerprint density at radius 2 is 1.83 bits per heavy atom. The Bertz CT molecular complexity index is 810. The van der Waals surface area contributed by atoms with E-state index in [4.69, 9.17) is 4.74 Å². The molecule has 0 unspecified atom stereocenters. The second-order valence-corrected chi connectivity index (χ2v) is 4.96. The number of nitrogens with zero attached hydrogens (tertiary/aromatic N) is 3. The highest BCUT2D eigenvalue weighted by Crippen LogP contribution is 2.21. The van der Waals surface area contributed by atoms with Crippen LogP contribution in [0.25, 0.3) is 11.3 Å². The Morgan fingerprint density at radius 3 is 2.48 bits per heavy atom. The van der Waals surface area contributed by atoms with Crippen LogP contribution in [0.1, 0.15) is 10.4 Å². The fourth-order valence-corrected chi connectivity index (χ4v) is 2.18. The molecule has 2 heterocycles. The molecule has 1 aromatic carbocycles. The van der Waals surface area contributed by atoms with Gasteiger partial charge in [-0.2, -0.15) is 5.10 Å². The van der Waals surface area contributed by atoms with Gasteiger partial charge in [-0.25, -0.2) is 0 Å². The topological polar surface area (TPSA) is 69.0 Å². The van der Waals surface area contributed by atoms with E-state index in [1.165, 1.54) is 0 Å². The lowest BCUT2D eigenvalue weighted by molar-refractivity contribution is 0.102. The number of pyridine rings is 1. The zero-order chi connectivity index (χ0) is 16.2. The number of hydrogen-bond acceptors (Lipinski definition) is 4. The molecule has 1 N–H and O–H groups in total. The quantitative estimate of drug-likeness (QED) is 0.804. The van der Waals surface area contributed by atoms with Crippen LogP contribution in [-0.4, -0.2) is 27.8 Å². The van der Waals surface area contributed by atoms with Crippen LogP contribution in [0.15, 0.2) is 54.9 Å². The minimum absolute atomic E-state index is 0.197. The lowest BCUT2D eigenvalue weighted by Crippen LogP contribution is -2.14. The van der Waals surface area contributed by atoms with Crippen LogP contribution in [0.2, 0.25) is 0 Å². The molecular formula is C17H16N4O2. The van der Waals surface area contributed by atoms with Gasteiger partial charge < -0.3 is 10.1 Å². The van der Waals surface area contributed by atoms with Crippen LogP contribution in [0.3, 0.4) is 0 Å². The van der Waals surface area contributed by atoms with Gasteiger partial charge in [0.2, 0.25) is 0 Å². The first-order valence-corrected chi connectivity index (χ1v) is 7.07. The lowest BCUT2D eigenvalue weighted by Gasteiger charge is -2.05. The zero-order valence-corrected chi connectivity index (χ0v) is 12.9. The highest BCUT2D eigenvalue weighted by molar-refractivity contribution is 6.04. The van der Waals surface area contributed by atoms with E-state index in [1.807, 2.05) is 18.2 Å². The van der Waals surface area contributed by atoms with Crippen molar-refractivity contribution in [1.29, 1.82) is 0 Å². The van der Waals surface area contributed by atoms with Gasteiger partial charge in [0, 0.05) is 36.6 Å². The summed E-state index contributed by atoms with van der Waals surface area (Å²) >= 11 is 0.